The van der Waals surface area contributed by atoms with E-state index in [-0.39, 0.29) is 0 Å². The van der Waals surface area contributed by atoms with Gasteiger partial charge in [0.2, 0.25) is 0 Å². The van der Waals surface area contributed by atoms with Gasteiger partial charge in [-0.3, -0.25) is 9.69 Å². The van der Waals surface area contributed by atoms with Gasteiger partial charge in [-0.1, -0.05) is 41.9 Å². The molecule has 1 aliphatic heterocycles. The van der Waals surface area contributed by atoms with E-state index in [0.717, 1.165) is 29.4 Å². The normalized spacial score (nSPS) is 16.0. The molecule has 2 heterocycles. The molecule has 2 N–H and O–H groups in total. The SMILES string of the molecule is O=C(O)[C@@H](c1c[nH]c2cc(Cl)ccc12)N1CCc2ccccc2C1. The van der Waals surface area contributed by atoms with Gasteiger partial charge in [-0.15, -0.1) is 0 Å². The minimum absolute atomic E-state index is 0.634. The Kier molecular flexibility index (Phi) is 3.79. The summed E-state index contributed by atoms with van der Waals surface area (Å²) in [5.41, 5.74) is 4.16. The van der Waals surface area contributed by atoms with Crippen LogP contribution < -0.4 is 0 Å². The van der Waals surface area contributed by atoms with Gasteiger partial charge in [0.1, 0.15) is 6.04 Å². The number of benzene rings is 2. The number of rotatable bonds is 3. The second kappa shape index (κ2) is 5.96. The fourth-order valence-corrected chi connectivity index (χ4v) is 3.74. The maximum atomic E-state index is 12.0. The van der Waals surface area contributed by atoms with E-state index >= 15 is 0 Å². The number of nitrogens with one attached hydrogen (secondary N) is 1. The first-order valence-electron chi connectivity index (χ1n) is 7.93. The number of H-pyrrole nitrogens is 1. The second-order valence-corrected chi connectivity index (χ2v) is 6.60. The highest BCUT2D eigenvalue weighted by Gasteiger charge is 2.31. The van der Waals surface area contributed by atoms with E-state index in [9.17, 15) is 9.90 Å². The molecule has 0 spiro atoms. The molecule has 122 valence electrons. The Morgan fingerprint density at radius 3 is 2.79 bits per heavy atom. The van der Waals surface area contributed by atoms with Crippen molar-refractivity contribution in [2.24, 2.45) is 0 Å². The van der Waals surface area contributed by atoms with Crippen molar-refractivity contribution in [3.05, 3.63) is 70.4 Å². The number of carbonyl (C=O) groups is 1. The molecule has 0 radical (unpaired) electrons. The Morgan fingerprint density at radius 1 is 1.21 bits per heavy atom. The predicted molar refractivity (Wildman–Crippen MR) is 94.2 cm³/mol. The number of carboxylic acids is 1. The predicted octanol–water partition coefficient (Wildman–Crippen LogP) is 4.01. The van der Waals surface area contributed by atoms with Crippen molar-refractivity contribution in [1.29, 1.82) is 0 Å². The standard InChI is InChI=1S/C19H17ClN2O2/c20-14-5-6-15-16(10-21-17(15)9-14)18(19(23)24)22-8-7-12-3-1-2-4-13(12)11-22/h1-6,9-10,18,21H,7-8,11H2,(H,23,24)/t18-/m1/s1. The van der Waals surface area contributed by atoms with Crippen molar-refractivity contribution in [3.8, 4) is 0 Å². The molecule has 0 fully saturated rings. The lowest BCUT2D eigenvalue weighted by atomic mass is 9.96. The topological polar surface area (TPSA) is 56.3 Å². The third-order valence-electron chi connectivity index (χ3n) is 4.73. The summed E-state index contributed by atoms with van der Waals surface area (Å²) >= 11 is 6.03. The number of fused-ring (bicyclic) bond motifs is 2. The molecule has 0 amide bonds. The molecule has 0 saturated heterocycles. The molecule has 3 aromatic rings. The van der Waals surface area contributed by atoms with Crippen LogP contribution in [0.25, 0.3) is 10.9 Å². The van der Waals surface area contributed by atoms with Crippen molar-refractivity contribution < 1.29 is 9.90 Å². The highest BCUT2D eigenvalue weighted by atomic mass is 35.5. The van der Waals surface area contributed by atoms with E-state index in [1.807, 2.05) is 29.2 Å². The first-order chi connectivity index (χ1) is 11.6. The van der Waals surface area contributed by atoms with E-state index in [1.165, 1.54) is 11.1 Å². The number of aromatic nitrogens is 1. The van der Waals surface area contributed by atoms with Crippen LogP contribution in [-0.2, 0) is 17.8 Å². The number of hydrogen-bond donors (Lipinski definition) is 2. The lowest BCUT2D eigenvalue weighted by Crippen LogP contribution is -2.38. The molecule has 24 heavy (non-hydrogen) atoms. The Balaban J connectivity index is 1.74. The highest BCUT2D eigenvalue weighted by Crippen LogP contribution is 2.33. The molecule has 2 aromatic carbocycles. The number of carboxylic acid groups (broad SMARTS) is 1. The average molecular weight is 341 g/mol. The second-order valence-electron chi connectivity index (χ2n) is 6.16. The smallest absolute Gasteiger partial charge is 0.325 e. The lowest BCUT2D eigenvalue weighted by molar-refractivity contribution is -0.144. The van der Waals surface area contributed by atoms with Gasteiger partial charge in [-0.2, -0.15) is 0 Å². The van der Waals surface area contributed by atoms with Gasteiger partial charge in [-0.25, -0.2) is 0 Å². The van der Waals surface area contributed by atoms with Crippen molar-refractivity contribution >= 4 is 28.5 Å². The van der Waals surface area contributed by atoms with E-state index in [1.54, 1.807) is 12.3 Å². The van der Waals surface area contributed by atoms with Gasteiger partial charge < -0.3 is 10.1 Å². The van der Waals surface area contributed by atoms with Crippen LogP contribution in [0.5, 0.6) is 0 Å². The molecule has 1 atom stereocenters. The van der Waals surface area contributed by atoms with Crippen LogP contribution in [-0.4, -0.2) is 27.5 Å². The highest BCUT2D eigenvalue weighted by molar-refractivity contribution is 6.31. The Bertz CT molecular complexity index is 919. The first-order valence-corrected chi connectivity index (χ1v) is 8.31. The Hall–Kier alpha value is -2.30. The molecule has 1 aliphatic rings. The lowest BCUT2D eigenvalue weighted by Gasteiger charge is -2.33. The minimum Gasteiger partial charge on any atom is -0.480 e. The monoisotopic (exact) mass is 340 g/mol. The largest absolute Gasteiger partial charge is 0.480 e. The number of aliphatic carboxylic acids is 1. The first kappa shape index (κ1) is 15.2. The molecular formula is C19H17ClN2O2. The number of aromatic amines is 1. The van der Waals surface area contributed by atoms with Crippen LogP contribution in [0, 0.1) is 0 Å². The van der Waals surface area contributed by atoms with Crippen LogP contribution in [0.15, 0.2) is 48.7 Å². The molecule has 0 bridgehead atoms. The minimum atomic E-state index is -0.828. The maximum Gasteiger partial charge on any atom is 0.325 e. The van der Waals surface area contributed by atoms with Crippen LogP contribution in [0.2, 0.25) is 5.02 Å². The molecule has 0 unspecified atom stereocenters. The molecular weight excluding hydrogens is 324 g/mol. The van der Waals surface area contributed by atoms with Gasteiger partial charge in [0.15, 0.2) is 0 Å². The molecule has 0 aliphatic carbocycles. The van der Waals surface area contributed by atoms with Gasteiger partial charge in [0, 0.05) is 40.8 Å². The summed E-state index contributed by atoms with van der Waals surface area (Å²) in [6, 6.07) is 13.1. The van der Waals surface area contributed by atoms with E-state index < -0.39 is 12.0 Å². The van der Waals surface area contributed by atoms with Gasteiger partial charge in [0.05, 0.1) is 0 Å². The Labute approximate surface area is 144 Å². The zero-order chi connectivity index (χ0) is 16.7. The zero-order valence-corrected chi connectivity index (χ0v) is 13.8. The van der Waals surface area contributed by atoms with Gasteiger partial charge in [-0.05, 0) is 29.7 Å². The van der Waals surface area contributed by atoms with Crippen molar-refractivity contribution in [1.82, 2.24) is 9.88 Å². The maximum absolute atomic E-state index is 12.0. The Morgan fingerprint density at radius 2 is 2.00 bits per heavy atom. The summed E-state index contributed by atoms with van der Waals surface area (Å²) in [4.78, 5) is 17.2. The quantitative estimate of drug-likeness (QED) is 0.757. The number of hydrogen-bond acceptors (Lipinski definition) is 2. The van der Waals surface area contributed by atoms with Crippen LogP contribution >= 0.6 is 11.6 Å². The third kappa shape index (κ3) is 2.58. The number of halogens is 1. The number of nitrogens with zero attached hydrogens (tertiary/aromatic N) is 1. The van der Waals surface area contributed by atoms with Crippen LogP contribution in [0.1, 0.15) is 22.7 Å². The molecule has 1 aromatic heterocycles. The van der Waals surface area contributed by atoms with E-state index in [0.29, 0.717) is 11.6 Å². The summed E-state index contributed by atoms with van der Waals surface area (Å²) in [5.74, 6) is -0.828. The molecule has 5 heteroatoms. The van der Waals surface area contributed by atoms with Crippen LogP contribution in [0.3, 0.4) is 0 Å². The van der Waals surface area contributed by atoms with Gasteiger partial charge >= 0.3 is 5.97 Å². The van der Waals surface area contributed by atoms with E-state index in [4.69, 9.17) is 11.6 Å². The fourth-order valence-electron chi connectivity index (χ4n) is 3.57. The molecule has 0 saturated carbocycles. The van der Waals surface area contributed by atoms with Crippen molar-refractivity contribution in [2.75, 3.05) is 6.54 Å². The van der Waals surface area contributed by atoms with Crippen molar-refractivity contribution in [2.45, 2.75) is 19.0 Å². The van der Waals surface area contributed by atoms with Gasteiger partial charge in [0.25, 0.3) is 0 Å². The summed E-state index contributed by atoms with van der Waals surface area (Å²) in [6.45, 7) is 1.38. The van der Waals surface area contributed by atoms with E-state index in [2.05, 4.69) is 17.1 Å². The summed E-state index contributed by atoms with van der Waals surface area (Å²) < 4.78 is 0. The summed E-state index contributed by atoms with van der Waals surface area (Å²) in [6.07, 6.45) is 2.66. The molecule has 4 rings (SSSR count). The average Bonchev–Trinajstić information content (AvgIpc) is 2.97. The fraction of sp³-hybridized carbons (Fsp3) is 0.211. The van der Waals surface area contributed by atoms with Crippen molar-refractivity contribution in [3.63, 3.8) is 0 Å². The summed E-state index contributed by atoms with van der Waals surface area (Å²) in [5, 5.41) is 11.4. The summed E-state index contributed by atoms with van der Waals surface area (Å²) in [7, 11) is 0. The molecule has 4 nitrogen and oxygen atoms in total. The van der Waals surface area contributed by atoms with Crippen LogP contribution in [0.4, 0.5) is 0 Å². The third-order valence-corrected chi connectivity index (χ3v) is 4.96. The zero-order valence-electron chi connectivity index (χ0n) is 13.0.